The zero-order valence-electron chi connectivity index (χ0n) is 16.5. The Balaban J connectivity index is 1.50. The average Bonchev–Trinajstić information content (AvgIpc) is 2.80. The molecule has 4 aromatic carbocycles. The summed E-state index contributed by atoms with van der Waals surface area (Å²) in [5, 5.41) is 19.4. The Kier molecular flexibility index (Phi) is 5.68. The highest BCUT2D eigenvalue weighted by atomic mass is 16.2. The number of nitriles is 1. The Morgan fingerprint density at radius 3 is 2.10 bits per heavy atom. The van der Waals surface area contributed by atoms with Crippen molar-refractivity contribution in [2.24, 2.45) is 5.10 Å². The van der Waals surface area contributed by atoms with Gasteiger partial charge in [-0.15, -0.1) is 0 Å². The summed E-state index contributed by atoms with van der Waals surface area (Å²) >= 11 is 0. The summed E-state index contributed by atoms with van der Waals surface area (Å²) in [6, 6.07) is 26.8. The second-order valence-corrected chi connectivity index (χ2v) is 6.92. The highest BCUT2D eigenvalue weighted by Gasteiger charge is 2.13. The second kappa shape index (κ2) is 8.89. The minimum absolute atomic E-state index is 0.284. The molecule has 2 N–H and O–H groups in total. The highest BCUT2D eigenvalue weighted by Crippen LogP contribution is 2.27. The molecule has 6 heteroatoms. The van der Waals surface area contributed by atoms with E-state index in [0.29, 0.717) is 5.69 Å². The maximum absolute atomic E-state index is 12.2. The molecule has 150 valence electrons. The summed E-state index contributed by atoms with van der Waals surface area (Å²) in [5.41, 5.74) is 4.45. The summed E-state index contributed by atoms with van der Waals surface area (Å²) in [4.78, 5) is 24.3. The molecule has 0 aliphatic heterocycles. The van der Waals surface area contributed by atoms with E-state index in [1.165, 1.54) is 0 Å². The quantitative estimate of drug-likeness (QED) is 0.231. The van der Waals surface area contributed by atoms with Crippen molar-refractivity contribution in [1.29, 1.82) is 5.26 Å². The van der Waals surface area contributed by atoms with Crippen molar-refractivity contribution < 1.29 is 9.59 Å². The van der Waals surface area contributed by atoms with E-state index in [9.17, 15) is 9.59 Å². The maximum atomic E-state index is 12.2. The van der Waals surface area contributed by atoms with Gasteiger partial charge in [-0.05, 0) is 45.3 Å². The van der Waals surface area contributed by atoms with Gasteiger partial charge in [0.15, 0.2) is 0 Å². The van der Waals surface area contributed by atoms with Gasteiger partial charge in [-0.3, -0.25) is 9.59 Å². The lowest BCUT2D eigenvalue weighted by Crippen LogP contribution is -2.32. The molecule has 0 atom stereocenters. The number of benzene rings is 4. The fourth-order valence-corrected chi connectivity index (χ4v) is 3.38. The average molecular weight is 406 g/mol. The molecule has 6 nitrogen and oxygen atoms in total. The van der Waals surface area contributed by atoms with Crippen molar-refractivity contribution in [2.45, 2.75) is 6.42 Å². The van der Waals surface area contributed by atoms with Crippen LogP contribution in [0.2, 0.25) is 0 Å². The molecule has 2 amide bonds. The van der Waals surface area contributed by atoms with E-state index in [4.69, 9.17) is 5.26 Å². The first-order chi connectivity index (χ1) is 15.2. The molecule has 0 aliphatic carbocycles. The van der Waals surface area contributed by atoms with Gasteiger partial charge in [0.25, 0.3) is 0 Å². The molecule has 0 aromatic heterocycles. The van der Waals surface area contributed by atoms with Crippen LogP contribution in [-0.2, 0) is 16.0 Å². The van der Waals surface area contributed by atoms with E-state index in [1.807, 2.05) is 48.5 Å². The number of hydrogen-bond acceptors (Lipinski definition) is 4. The predicted octanol–water partition coefficient (Wildman–Crippen LogP) is 4.15. The summed E-state index contributed by atoms with van der Waals surface area (Å²) in [5.74, 6) is -1.70. The number of nitrogens with one attached hydrogen (secondary N) is 2. The minimum Gasteiger partial charge on any atom is -0.318 e. The van der Waals surface area contributed by atoms with Gasteiger partial charge in [0, 0.05) is 11.3 Å². The Labute approximate surface area is 178 Å². The molecule has 0 heterocycles. The molecule has 0 fully saturated rings. The number of carbonyl (C=O) groups is 2. The molecule has 31 heavy (non-hydrogen) atoms. The number of rotatable bonds is 4. The topological polar surface area (TPSA) is 94.4 Å². The van der Waals surface area contributed by atoms with Crippen LogP contribution in [0.3, 0.4) is 0 Å². The molecular formula is C25H18N4O2. The lowest BCUT2D eigenvalue weighted by atomic mass is 9.97. The van der Waals surface area contributed by atoms with Gasteiger partial charge in [0.05, 0.1) is 18.7 Å². The summed E-state index contributed by atoms with van der Waals surface area (Å²) in [6.45, 7) is 0. The number of anilines is 1. The summed E-state index contributed by atoms with van der Waals surface area (Å²) in [6.07, 6.45) is 1.85. The van der Waals surface area contributed by atoms with Crippen LogP contribution in [0.15, 0.2) is 84.0 Å². The zero-order valence-corrected chi connectivity index (χ0v) is 16.5. The van der Waals surface area contributed by atoms with Gasteiger partial charge in [0.1, 0.15) is 0 Å². The van der Waals surface area contributed by atoms with Crippen molar-refractivity contribution in [3.8, 4) is 6.07 Å². The predicted molar refractivity (Wildman–Crippen MR) is 122 cm³/mol. The standard InChI is InChI=1S/C25H18N4O2/c26-14-13-17-9-11-20(12-10-17)28-24(30)25(31)29-27-16-23-21-7-3-1-5-18(21)15-19-6-2-4-8-22(19)23/h1-12,15-16H,13H2,(H,28,30)(H,29,31)/b27-16+. The van der Waals surface area contributed by atoms with Gasteiger partial charge >= 0.3 is 11.8 Å². The van der Waals surface area contributed by atoms with E-state index >= 15 is 0 Å². The first-order valence-electron chi connectivity index (χ1n) is 9.66. The van der Waals surface area contributed by atoms with Crippen molar-refractivity contribution in [3.05, 3.63) is 90.0 Å². The van der Waals surface area contributed by atoms with Gasteiger partial charge in [-0.1, -0.05) is 60.7 Å². The van der Waals surface area contributed by atoms with Crippen molar-refractivity contribution in [3.63, 3.8) is 0 Å². The van der Waals surface area contributed by atoms with Gasteiger partial charge in [0.2, 0.25) is 0 Å². The monoisotopic (exact) mass is 406 g/mol. The number of hydrogen-bond donors (Lipinski definition) is 2. The molecule has 0 spiro atoms. The van der Waals surface area contributed by atoms with E-state index < -0.39 is 11.8 Å². The number of carbonyl (C=O) groups excluding carboxylic acids is 2. The molecular weight excluding hydrogens is 388 g/mol. The van der Waals surface area contributed by atoms with E-state index in [1.54, 1.807) is 30.5 Å². The highest BCUT2D eigenvalue weighted by molar-refractivity contribution is 6.39. The molecule has 0 unspecified atom stereocenters. The lowest BCUT2D eigenvalue weighted by molar-refractivity contribution is -0.136. The van der Waals surface area contributed by atoms with Crippen LogP contribution in [0.1, 0.15) is 11.1 Å². The number of nitrogens with zero attached hydrogens (tertiary/aromatic N) is 2. The molecule has 4 rings (SSSR count). The van der Waals surface area contributed by atoms with E-state index in [2.05, 4.69) is 28.0 Å². The number of fused-ring (bicyclic) bond motifs is 2. The van der Waals surface area contributed by atoms with E-state index in [-0.39, 0.29) is 6.42 Å². The summed E-state index contributed by atoms with van der Waals surface area (Å²) < 4.78 is 0. The van der Waals surface area contributed by atoms with Crippen LogP contribution < -0.4 is 10.7 Å². The van der Waals surface area contributed by atoms with Crippen molar-refractivity contribution in [2.75, 3.05) is 5.32 Å². The fourth-order valence-electron chi connectivity index (χ4n) is 3.38. The normalized spacial score (nSPS) is 10.8. The first kappa shape index (κ1) is 19.8. The third kappa shape index (κ3) is 4.41. The summed E-state index contributed by atoms with van der Waals surface area (Å²) in [7, 11) is 0. The van der Waals surface area contributed by atoms with Crippen LogP contribution in [0.5, 0.6) is 0 Å². The molecule has 0 aliphatic rings. The van der Waals surface area contributed by atoms with Crippen LogP contribution in [0.4, 0.5) is 5.69 Å². The van der Waals surface area contributed by atoms with Crippen LogP contribution in [-0.4, -0.2) is 18.0 Å². The Hall–Kier alpha value is -4.50. The Bertz CT molecular complexity index is 1300. The van der Waals surface area contributed by atoms with E-state index in [0.717, 1.165) is 32.7 Å². The van der Waals surface area contributed by atoms with Crippen LogP contribution >= 0.6 is 0 Å². The Morgan fingerprint density at radius 2 is 1.48 bits per heavy atom. The molecule has 0 bridgehead atoms. The first-order valence-corrected chi connectivity index (χ1v) is 9.66. The second-order valence-electron chi connectivity index (χ2n) is 6.92. The zero-order chi connectivity index (χ0) is 21.6. The largest absolute Gasteiger partial charge is 0.329 e. The van der Waals surface area contributed by atoms with Crippen LogP contribution in [0.25, 0.3) is 21.5 Å². The third-order valence-corrected chi connectivity index (χ3v) is 4.87. The van der Waals surface area contributed by atoms with Crippen molar-refractivity contribution >= 4 is 45.3 Å². The maximum Gasteiger partial charge on any atom is 0.329 e. The van der Waals surface area contributed by atoms with Gasteiger partial charge < -0.3 is 5.32 Å². The van der Waals surface area contributed by atoms with Gasteiger partial charge in [-0.2, -0.15) is 10.4 Å². The minimum atomic E-state index is -0.873. The number of amides is 2. The molecule has 0 saturated carbocycles. The smallest absolute Gasteiger partial charge is 0.318 e. The third-order valence-electron chi connectivity index (χ3n) is 4.87. The van der Waals surface area contributed by atoms with Crippen molar-refractivity contribution in [1.82, 2.24) is 5.43 Å². The molecule has 0 radical (unpaired) electrons. The Morgan fingerprint density at radius 1 is 0.871 bits per heavy atom. The SMILES string of the molecule is N#CCc1ccc(NC(=O)C(=O)N/N=C/c2c3ccccc3cc3ccccc23)cc1. The fraction of sp³-hybridized carbons (Fsp3) is 0.0400. The lowest BCUT2D eigenvalue weighted by Gasteiger charge is -2.08. The molecule has 0 saturated heterocycles. The van der Waals surface area contributed by atoms with Gasteiger partial charge in [-0.25, -0.2) is 5.43 Å². The van der Waals surface area contributed by atoms with Crippen LogP contribution in [0, 0.1) is 11.3 Å². The molecule has 4 aromatic rings. The number of hydrazone groups is 1.